The van der Waals surface area contributed by atoms with Gasteiger partial charge >= 0.3 is 5.97 Å². The monoisotopic (exact) mass is 514 g/mol. The molecule has 3 aromatic rings. The fraction of sp³-hybridized carbons (Fsp3) is 0.241. The summed E-state index contributed by atoms with van der Waals surface area (Å²) in [6.07, 6.45) is 3.48. The highest BCUT2D eigenvalue weighted by atomic mass is 35.5. The van der Waals surface area contributed by atoms with Crippen LogP contribution in [0.25, 0.3) is 0 Å². The zero-order chi connectivity index (χ0) is 26.4. The summed E-state index contributed by atoms with van der Waals surface area (Å²) < 4.78 is 5.19. The van der Waals surface area contributed by atoms with Crippen molar-refractivity contribution in [3.63, 3.8) is 0 Å². The van der Waals surface area contributed by atoms with Gasteiger partial charge in [-0.2, -0.15) is 10.3 Å². The Bertz CT molecular complexity index is 1340. The molecule has 0 fully saturated rings. The molecule has 4 rings (SSSR count). The van der Waals surface area contributed by atoms with Crippen molar-refractivity contribution >= 4 is 35.5 Å². The number of fused-ring (bicyclic) bond motifs is 1. The normalized spacial score (nSPS) is 15.7. The first-order valence-electron chi connectivity index (χ1n) is 12.0. The van der Waals surface area contributed by atoms with E-state index in [1.165, 1.54) is 6.34 Å². The summed E-state index contributed by atoms with van der Waals surface area (Å²) >= 11 is 6.17. The van der Waals surface area contributed by atoms with Gasteiger partial charge in [0.25, 0.3) is 0 Å². The molecule has 0 saturated heterocycles. The molecule has 1 heterocycles. The second kappa shape index (κ2) is 11.7. The number of rotatable bonds is 8. The van der Waals surface area contributed by atoms with Crippen LogP contribution in [0.4, 0.5) is 5.69 Å². The molecule has 1 aliphatic heterocycles. The third-order valence-corrected chi connectivity index (χ3v) is 6.71. The van der Waals surface area contributed by atoms with Crippen LogP contribution in [0, 0.1) is 11.5 Å². The number of benzene rings is 3. The molecule has 0 aliphatic carbocycles. The average Bonchev–Trinajstić information content (AvgIpc) is 2.91. The van der Waals surface area contributed by atoms with Crippen LogP contribution < -0.4 is 4.90 Å². The number of nitrogens with zero attached hydrogens (tertiary/aromatic N) is 4. The van der Waals surface area contributed by atoms with Crippen LogP contribution in [0.15, 0.2) is 77.8 Å². The Morgan fingerprint density at radius 2 is 1.89 bits per heavy atom. The van der Waals surface area contributed by atoms with Crippen molar-refractivity contribution in [3.05, 3.63) is 100 Å². The van der Waals surface area contributed by atoms with Gasteiger partial charge in [-0.1, -0.05) is 66.2 Å². The molecule has 0 spiro atoms. The number of amides is 1. The number of anilines is 1. The Hall–Kier alpha value is -4.15. The molecule has 0 N–H and O–H groups in total. The van der Waals surface area contributed by atoms with Gasteiger partial charge in [-0.3, -0.25) is 9.59 Å². The second-order valence-electron chi connectivity index (χ2n) is 8.71. The van der Waals surface area contributed by atoms with Gasteiger partial charge in [0.2, 0.25) is 12.1 Å². The molecule has 0 radical (unpaired) electrons. The zero-order valence-corrected chi connectivity index (χ0v) is 21.4. The van der Waals surface area contributed by atoms with Crippen LogP contribution in [0.2, 0.25) is 5.02 Å². The lowest BCUT2D eigenvalue weighted by Crippen LogP contribution is -2.35. The first kappa shape index (κ1) is 25.9. The molecule has 37 heavy (non-hydrogen) atoms. The number of halogens is 1. The highest BCUT2D eigenvalue weighted by Crippen LogP contribution is 2.42. The molecule has 0 aromatic heterocycles. The third-order valence-electron chi connectivity index (χ3n) is 6.46. The highest BCUT2D eigenvalue weighted by molar-refractivity contribution is 6.30. The number of hydrogen-bond acceptors (Lipinski definition) is 5. The van der Waals surface area contributed by atoms with Crippen molar-refractivity contribution in [3.8, 4) is 6.19 Å². The summed E-state index contributed by atoms with van der Waals surface area (Å²) in [7, 11) is 1.78. The first-order chi connectivity index (χ1) is 17.9. The van der Waals surface area contributed by atoms with Crippen LogP contribution in [0.1, 0.15) is 47.6 Å². The molecule has 8 heteroatoms. The predicted octanol–water partition coefficient (Wildman–Crippen LogP) is 5.30. The minimum atomic E-state index is -0.469. The fourth-order valence-corrected chi connectivity index (χ4v) is 4.87. The molecular formula is C29H27ClN4O3. The Kier molecular flexibility index (Phi) is 8.22. The van der Waals surface area contributed by atoms with Gasteiger partial charge in [-0.25, -0.2) is 0 Å². The van der Waals surface area contributed by atoms with Crippen LogP contribution in [0.5, 0.6) is 0 Å². The lowest BCUT2D eigenvalue weighted by atomic mass is 9.82. The molecule has 1 aliphatic rings. The third kappa shape index (κ3) is 5.82. The van der Waals surface area contributed by atoms with Gasteiger partial charge < -0.3 is 14.5 Å². The molecule has 2 atom stereocenters. The summed E-state index contributed by atoms with van der Waals surface area (Å²) in [5.41, 5.74) is 4.64. The van der Waals surface area contributed by atoms with Crippen LogP contribution >= 0.6 is 11.6 Å². The maximum atomic E-state index is 12.8. The van der Waals surface area contributed by atoms with E-state index in [0.717, 1.165) is 27.9 Å². The summed E-state index contributed by atoms with van der Waals surface area (Å²) in [5, 5.41) is 9.72. The van der Waals surface area contributed by atoms with E-state index in [-0.39, 0.29) is 25.0 Å². The quantitative estimate of drug-likeness (QED) is 0.176. The number of hydrogen-bond donors (Lipinski definition) is 0. The molecule has 0 bridgehead atoms. The summed E-state index contributed by atoms with van der Waals surface area (Å²) in [4.78, 5) is 32.5. The number of aliphatic imine (C=N–C) groups is 1. The van der Waals surface area contributed by atoms with E-state index in [1.54, 1.807) is 42.1 Å². The van der Waals surface area contributed by atoms with Gasteiger partial charge in [0.15, 0.2) is 0 Å². The largest absolute Gasteiger partial charge is 0.465 e. The van der Waals surface area contributed by atoms with E-state index in [4.69, 9.17) is 21.6 Å². The molecule has 7 nitrogen and oxygen atoms in total. The van der Waals surface area contributed by atoms with E-state index in [9.17, 15) is 9.59 Å². The molecule has 3 aromatic carbocycles. The van der Waals surface area contributed by atoms with Gasteiger partial charge in [-0.15, -0.1) is 0 Å². The zero-order valence-electron chi connectivity index (χ0n) is 20.7. The predicted molar refractivity (Wildman–Crippen MR) is 143 cm³/mol. The molecule has 188 valence electrons. The second-order valence-corrected chi connectivity index (χ2v) is 9.15. The molecular weight excluding hydrogens is 488 g/mol. The lowest BCUT2D eigenvalue weighted by Gasteiger charge is -2.35. The number of esters is 1. The smallest absolute Gasteiger partial charge is 0.325 e. The minimum absolute atomic E-state index is 0.0495. The van der Waals surface area contributed by atoms with Gasteiger partial charge in [-0.05, 0) is 47.4 Å². The summed E-state index contributed by atoms with van der Waals surface area (Å²) in [6, 6.07) is 22.8. The first-order valence-corrected chi connectivity index (χ1v) is 12.3. The molecule has 2 unspecified atom stereocenters. The Labute approximate surface area is 221 Å². The van der Waals surface area contributed by atoms with Gasteiger partial charge in [0.1, 0.15) is 12.9 Å². The van der Waals surface area contributed by atoms with Gasteiger partial charge in [0, 0.05) is 30.1 Å². The van der Waals surface area contributed by atoms with Crippen molar-refractivity contribution in [2.24, 2.45) is 4.99 Å². The minimum Gasteiger partial charge on any atom is -0.465 e. The lowest BCUT2D eigenvalue weighted by molar-refractivity contribution is -0.143. The van der Waals surface area contributed by atoms with E-state index in [2.05, 4.69) is 11.1 Å². The number of carbonyl (C=O) groups is 2. The van der Waals surface area contributed by atoms with E-state index < -0.39 is 12.0 Å². The van der Waals surface area contributed by atoms with Gasteiger partial charge in [0.05, 0.1) is 12.6 Å². The molecule has 0 saturated carbocycles. The van der Waals surface area contributed by atoms with E-state index in [0.29, 0.717) is 11.4 Å². The van der Waals surface area contributed by atoms with Crippen molar-refractivity contribution in [2.75, 3.05) is 25.1 Å². The summed E-state index contributed by atoms with van der Waals surface area (Å²) in [6.45, 7) is 1.88. The van der Waals surface area contributed by atoms with Crippen molar-refractivity contribution in [2.45, 2.75) is 25.3 Å². The Balaban J connectivity index is 1.87. The highest BCUT2D eigenvalue weighted by Gasteiger charge is 2.32. The van der Waals surface area contributed by atoms with E-state index >= 15 is 0 Å². The topological polar surface area (TPSA) is 86.0 Å². The van der Waals surface area contributed by atoms with Crippen LogP contribution in [-0.4, -0.2) is 43.3 Å². The Morgan fingerprint density at radius 1 is 1.19 bits per heavy atom. The standard InChI is InChI=1S/C29H27ClN4O3/c1-3-37-28(36)17-34(19-32-18-31)29(21-9-12-23(30)13-10-21)22-11-14-26-25(15-22)24(16-27(35)33(26)2)20-7-5-4-6-8-20/h4-15,19,24,29H,3,16-17H2,1-2H3. The maximum absolute atomic E-state index is 12.8. The number of carbonyl (C=O) groups excluding carboxylic acids is 2. The van der Waals surface area contributed by atoms with Crippen molar-refractivity contribution in [1.29, 1.82) is 5.26 Å². The summed E-state index contributed by atoms with van der Waals surface area (Å²) in [5.74, 6) is -0.498. The number of ether oxygens (including phenoxy) is 1. The average molecular weight is 515 g/mol. The fourth-order valence-electron chi connectivity index (χ4n) is 4.74. The maximum Gasteiger partial charge on any atom is 0.325 e. The Morgan fingerprint density at radius 3 is 2.57 bits per heavy atom. The molecule has 1 amide bonds. The number of nitriles is 1. The van der Waals surface area contributed by atoms with Crippen LogP contribution in [0.3, 0.4) is 0 Å². The van der Waals surface area contributed by atoms with Crippen LogP contribution in [-0.2, 0) is 14.3 Å². The van der Waals surface area contributed by atoms with Crippen molar-refractivity contribution in [1.82, 2.24) is 4.90 Å². The van der Waals surface area contributed by atoms with E-state index in [1.807, 2.05) is 54.6 Å². The SMILES string of the molecule is CCOC(=O)CN(C=NC#N)C(c1ccc(Cl)cc1)c1ccc2c(c1)C(c1ccccc1)CC(=O)N2C. The van der Waals surface area contributed by atoms with Crippen molar-refractivity contribution < 1.29 is 14.3 Å².